The molecular formula is C20H19N3O4S2. The number of amides is 2. The third kappa shape index (κ3) is 5.01. The SMILES string of the molecule is CN(c1ccccc1)S(=O)(=O)c1cccc(NC(=O)CNC(=O)c2cccs2)c1. The smallest absolute Gasteiger partial charge is 0.264 e. The number of anilines is 2. The van der Waals surface area contributed by atoms with E-state index in [-0.39, 0.29) is 17.3 Å². The Balaban J connectivity index is 1.67. The van der Waals surface area contributed by atoms with Crippen molar-refractivity contribution in [3.8, 4) is 0 Å². The van der Waals surface area contributed by atoms with Crippen molar-refractivity contribution in [2.24, 2.45) is 0 Å². The number of hydrogen-bond donors (Lipinski definition) is 2. The fourth-order valence-corrected chi connectivity index (χ4v) is 4.41. The van der Waals surface area contributed by atoms with E-state index in [1.165, 1.54) is 34.8 Å². The molecule has 3 aromatic rings. The summed E-state index contributed by atoms with van der Waals surface area (Å²) in [7, 11) is -2.32. The van der Waals surface area contributed by atoms with E-state index in [9.17, 15) is 18.0 Å². The van der Waals surface area contributed by atoms with Crippen molar-refractivity contribution in [1.29, 1.82) is 0 Å². The molecule has 0 aliphatic carbocycles. The minimum atomic E-state index is -3.79. The Morgan fingerprint density at radius 2 is 1.76 bits per heavy atom. The highest BCUT2D eigenvalue weighted by Crippen LogP contribution is 2.23. The van der Waals surface area contributed by atoms with Gasteiger partial charge in [0.1, 0.15) is 0 Å². The molecule has 0 atom stereocenters. The number of carbonyl (C=O) groups is 2. The van der Waals surface area contributed by atoms with Crippen molar-refractivity contribution in [3.63, 3.8) is 0 Å². The number of thiophene rings is 1. The lowest BCUT2D eigenvalue weighted by atomic mass is 10.3. The van der Waals surface area contributed by atoms with Crippen LogP contribution in [0.15, 0.2) is 77.0 Å². The molecule has 0 saturated carbocycles. The first-order valence-corrected chi connectivity index (χ1v) is 11.0. The standard InChI is InChI=1S/C20H19N3O4S2/c1-23(16-8-3-2-4-9-16)29(26,27)17-10-5-7-15(13-17)22-19(24)14-21-20(25)18-11-6-12-28-18/h2-13H,14H2,1H3,(H,21,25)(H,22,24). The number of para-hydroxylation sites is 1. The molecule has 0 aliphatic rings. The van der Waals surface area contributed by atoms with Crippen LogP contribution < -0.4 is 14.9 Å². The Labute approximate surface area is 173 Å². The zero-order chi connectivity index (χ0) is 20.9. The van der Waals surface area contributed by atoms with Gasteiger partial charge in [-0.2, -0.15) is 0 Å². The van der Waals surface area contributed by atoms with Crippen LogP contribution >= 0.6 is 11.3 Å². The van der Waals surface area contributed by atoms with Gasteiger partial charge in [-0.15, -0.1) is 11.3 Å². The van der Waals surface area contributed by atoms with Crippen LogP contribution in [0.4, 0.5) is 11.4 Å². The zero-order valence-corrected chi connectivity index (χ0v) is 17.2. The Morgan fingerprint density at radius 1 is 1.00 bits per heavy atom. The Hall–Kier alpha value is -3.17. The average Bonchev–Trinajstić information content (AvgIpc) is 3.27. The molecule has 9 heteroatoms. The molecule has 29 heavy (non-hydrogen) atoms. The molecule has 0 fully saturated rings. The normalized spacial score (nSPS) is 10.9. The molecule has 1 aromatic heterocycles. The summed E-state index contributed by atoms with van der Waals surface area (Å²) >= 11 is 1.28. The van der Waals surface area contributed by atoms with Gasteiger partial charge >= 0.3 is 0 Å². The van der Waals surface area contributed by atoms with Gasteiger partial charge in [0.15, 0.2) is 0 Å². The molecule has 0 unspecified atom stereocenters. The van der Waals surface area contributed by atoms with Crippen LogP contribution in [-0.2, 0) is 14.8 Å². The fraction of sp³-hybridized carbons (Fsp3) is 0.100. The monoisotopic (exact) mass is 429 g/mol. The van der Waals surface area contributed by atoms with Crippen molar-refractivity contribution < 1.29 is 18.0 Å². The van der Waals surface area contributed by atoms with Crippen LogP contribution in [-0.4, -0.2) is 33.8 Å². The van der Waals surface area contributed by atoms with Gasteiger partial charge in [-0.05, 0) is 41.8 Å². The molecule has 0 radical (unpaired) electrons. The fourth-order valence-electron chi connectivity index (χ4n) is 2.53. The highest BCUT2D eigenvalue weighted by molar-refractivity contribution is 7.92. The summed E-state index contributed by atoms with van der Waals surface area (Å²) in [6, 6.07) is 18.1. The van der Waals surface area contributed by atoms with E-state index in [2.05, 4.69) is 10.6 Å². The van der Waals surface area contributed by atoms with Gasteiger partial charge in [0.2, 0.25) is 5.91 Å². The van der Waals surface area contributed by atoms with E-state index in [0.717, 1.165) is 0 Å². The van der Waals surface area contributed by atoms with Crippen molar-refractivity contribution in [1.82, 2.24) is 5.32 Å². The van der Waals surface area contributed by atoms with Crippen LogP contribution in [0.5, 0.6) is 0 Å². The molecule has 3 rings (SSSR count). The lowest BCUT2D eigenvalue weighted by Crippen LogP contribution is -2.32. The molecule has 2 N–H and O–H groups in total. The second kappa shape index (κ2) is 8.89. The van der Waals surface area contributed by atoms with Gasteiger partial charge in [0.25, 0.3) is 15.9 Å². The molecule has 0 spiro atoms. The lowest BCUT2D eigenvalue weighted by Gasteiger charge is -2.19. The van der Waals surface area contributed by atoms with Gasteiger partial charge in [0.05, 0.1) is 22.0 Å². The first kappa shape index (κ1) is 20.6. The number of hydrogen-bond acceptors (Lipinski definition) is 5. The van der Waals surface area contributed by atoms with Gasteiger partial charge in [-0.25, -0.2) is 8.42 Å². The van der Waals surface area contributed by atoms with Gasteiger partial charge in [0, 0.05) is 12.7 Å². The maximum atomic E-state index is 12.9. The molecular weight excluding hydrogens is 410 g/mol. The maximum Gasteiger partial charge on any atom is 0.264 e. The van der Waals surface area contributed by atoms with Gasteiger partial charge < -0.3 is 10.6 Å². The Morgan fingerprint density at radius 3 is 2.45 bits per heavy atom. The van der Waals surface area contributed by atoms with E-state index in [4.69, 9.17) is 0 Å². The summed E-state index contributed by atoms with van der Waals surface area (Å²) in [5.41, 5.74) is 0.848. The molecule has 150 valence electrons. The Bertz CT molecular complexity index is 1100. The van der Waals surface area contributed by atoms with Crippen LogP contribution in [0.2, 0.25) is 0 Å². The summed E-state index contributed by atoms with van der Waals surface area (Å²) in [5.74, 6) is -0.795. The van der Waals surface area contributed by atoms with E-state index in [1.807, 2.05) is 0 Å². The number of benzene rings is 2. The van der Waals surface area contributed by atoms with Gasteiger partial charge in [-0.3, -0.25) is 13.9 Å². The van der Waals surface area contributed by atoms with E-state index in [1.54, 1.807) is 60.0 Å². The van der Waals surface area contributed by atoms with Gasteiger partial charge in [-0.1, -0.05) is 30.3 Å². The molecule has 1 heterocycles. The zero-order valence-electron chi connectivity index (χ0n) is 15.5. The number of rotatable bonds is 7. The number of nitrogens with one attached hydrogen (secondary N) is 2. The average molecular weight is 430 g/mol. The minimum absolute atomic E-state index is 0.0456. The van der Waals surface area contributed by atoms with Crippen molar-refractivity contribution in [2.45, 2.75) is 4.90 Å². The van der Waals surface area contributed by atoms with E-state index >= 15 is 0 Å². The summed E-state index contributed by atoms with van der Waals surface area (Å²) in [6.45, 7) is -0.225. The lowest BCUT2D eigenvalue weighted by molar-refractivity contribution is -0.115. The van der Waals surface area contributed by atoms with E-state index in [0.29, 0.717) is 16.3 Å². The third-order valence-corrected chi connectivity index (χ3v) is 6.70. The van der Waals surface area contributed by atoms with Crippen LogP contribution in [0, 0.1) is 0 Å². The highest BCUT2D eigenvalue weighted by Gasteiger charge is 2.21. The van der Waals surface area contributed by atoms with Crippen molar-refractivity contribution >= 4 is 44.5 Å². The third-order valence-electron chi connectivity index (χ3n) is 4.05. The van der Waals surface area contributed by atoms with Crippen LogP contribution in [0.3, 0.4) is 0 Å². The summed E-state index contributed by atoms with van der Waals surface area (Å²) in [4.78, 5) is 24.6. The molecule has 2 aromatic carbocycles. The first-order chi connectivity index (χ1) is 13.9. The first-order valence-electron chi connectivity index (χ1n) is 8.63. The Kier molecular flexibility index (Phi) is 6.30. The van der Waals surface area contributed by atoms with Crippen LogP contribution in [0.1, 0.15) is 9.67 Å². The van der Waals surface area contributed by atoms with Crippen LogP contribution in [0.25, 0.3) is 0 Å². The second-order valence-electron chi connectivity index (χ2n) is 6.04. The summed E-state index contributed by atoms with van der Waals surface area (Å²) in [5, 5.41) is 6.89. The molecule has 0 aliphatic heterocycles. The minimum Gasteiger partial charge on any atom is -0.342 e. The highest BCUT2D eigenvalue weighted by atomic mass is 32.2. The predicted octanol–water partition coefficient (Wildman–Crippen LogP) is 2.94. The topological polar surface area (TPSA) is 95.6 Å². The molecule has 0 bridgehead atoms. The number of nitrogens with zero attached hydrogens (tertiary/aromatic N) is 1. The molecule has 2 amide bonds. The van der Waals surface area contributed by atoms with Crippen molar-refractivity contribution in [2.75, 3.05) is 23.2 Å². The largest absolute Gasteiger partial charge is 0.342 e. The summed E-state index contributed by atoms with van der Waals surface area (Å²) in [6.07, 6.45) is 0. The summed E-state index contributed by atoms with van der Waals surface area (Å²) < 4.78 is 26.9. The second-order valence-corrected chi connectivity index (χ2v) is 8.96. The van der Waals surface area contributed by atoms with E-state index < -0.39 is 15.9 Å². The maximum absolute atomic E-state index is 12.9. The quantitative estimate of drug-likeness (QED) is 0.604. The van der Waals surface area contributed by atoms with Crippen molar-refractivity contribution in [3.05, 3.63) is 77.0 Å². The predicted molar refractivity (Wildman–Crippen MR) is 114 cm³/mol. The molecule has 7 nitrogen and oxygen atoms in total. The molecule has 0 saturated heterocycles. The number of sulfonamides is 1. The number of carbonyl (C=O) groups excluding carboxylic acids is 2.